The van der Waals surface area contributed by atoms with E-state index in [0.29, 0.717) is 0 Å². The van der Waals surface area contributed by atoms with Gasteiger partial charge in [0.1, 0.15) is 5.82 Å². The number of rotatable bonds is 4. The van der Waals surface area contributed by atoms with Crippen molar-refractivity contribution in [1.82, 2.24) is 15.1 Å². The molecule has 7 heteroatoms. The molecule has 1 amide bonds. The van der Waals surface area contributed by atoms with Crippen molar-refractivity contribution in [3.05, 3.63) is 81.8 Å². The third kappa shape index (κ3) is 3.58. The van der Waals surface area contributed by atoms with E-state index >= 15 is 0 Å². The molecular weight excluding hydrogens is 352 g/mol. The Morgan fingerprint density at radius 2 is 1.92 bits per heavy atom. The molecule has 1 aromatic heterocycles. The van der Waals surface area contributed by atoms with E-state index in [1.54, 1.807) is 17.1 Å². The molecule has 0 saturated carbocycles. The number of carbonyl (C=O) groups excluding carboxylic acids is 1. The summed E-state index contributed by atoms with van der Waals surface area (Å²) < 4.78 is 15.2. The molecule has 0 aliphatic rings. The van der Waals surface area contributed by atoms with E-state index in [-0.39, 0.29) is 22.2 Å². The Labute approximate surface area is 147 Å². The average Bonchev–Trinajstić information content (AvgIpc) is 3.06. The molecule has 2 aromatic carbocycles. The first-order valence-electron chi connectivity index (χ1n) is 7.06. The normalized spacial score (nSPS) is 10.6. The van der Waals surface area contributed by atoms with Crippen molar-refractivity contribution in [2.75, 3.05) is 0 Å². The van der Waals surface area contributed by atoms with E-state index in [1.807, 2.05) is 30.3 Å². The molecule has 1 heterocycles. The molecule has 0 saturated heterocycles. The largest absolute Gasteiger partial charge is 0.348 e. The first-order valence-corrected chi connectivity index (χ1v) is 7.82. The predicted octanol–water partition coefficient (Wildman–Crippen LogP) is 4.25. The zero-order valence-electron chi connectivity index (χ0n) is 12.3. The Morgan fingerprint density at radius 1 is 1.17 bits per heavy atom. The van der Waals surface area contributed by atoms with E-state index in [1.165, 1.54) is 6.07 Å². The first kappa shape index (κ1) is 16.5. The lowest BCUT2D eigenvalue weighted by atomic mass is 10.2. The highest BCUT2D eigenvalue weighted by Crippen LogP contribution is 2.24. The van der Waals surface area contributed by atoms with Gasteiger partial charge in [-0.15, -0.1) is 0 Å². The summed E-state index contributed by atoms with van der Waals surface area (Å²) in [5.74, 6) is -1.17. The van der Waals surface area contributed by atoms with Gasteiger partial charge in [-0.3, -0.25) is 4.79 Å². The second-order valence-electron chi connectivity index (χ2n) is 5.06. The van der Waals surface area contributed by atoms with Gasteiger partial charge >= 0.3 is 0 Å². The maximum absolute atomic E-state index is 13.5. The van der Waals surface area contributed by atoms with Gasteiger partial charge in [0.15, 0.2) is 0 Å². The number of hydrogen-bond donors (Lipinski definition) is 1. The second-order valence-corrected chi connectivity index (χ2v) is 5.87. The van der Waals surface area contributed by atoms with Gasteiger partial charge in [-0.2, -0.15) is 5.10 Å². The number of nitrogens with zero attached hydrogens (tertiary/aromatic N) is 2. The minimum Gasteiger partial charge on any atom is -0.348 e. The lowest BCUT2D eigenvalue weighted by Gasteiger charge is -2.06. The Bertz CT molecular complexity index is 881. The van der Waals surface area contributed by atoms with Crippen LogP contribution in [0.3, 0.4) is 0 Å². The van der Waals surface area contributed by atoms with Crippen LogP contribution in [-0.2, 0) is 6.54 Å². The Morgan fingerprint density at radius 3 is 2.67 bits per heavy atom. The van der Waals surface area contributed by atoms with Crippen molar-refractivity contribution in [2.24, 2.45) is 0 Å². The average molecular weight is 364 g/mol. The molecule has 0 aliphatic carbocycles. The fourth-order valence-corrected chi connectivity index (χ4v) is 2.62. The van der Waals surface area contributed by atoms with Gasteiger partial charge in [0.05, 0.1) is 27.5 Å². The Hall–Kier alpha value is -2.37. The summed E-state index contributed by atoms with van der Waals surface area (Å²) in [6.45, 7) is 0.242. The molecule has 0 aliphatic heterocycles. The third-order valence-electron chi connectivity index (χ3n) is 3.36. The van der Waals surface area contributed by atoms with Gasteiger partial charge in [0.25, 0.3) is 5.91 Å². The quantitative estimate of drug-likeness (QED) is 0.704. The molecule has 0 unspecified atom stereocenters. The van der Waals surface area contributed by atoms with Crippen LogP contribution in [-0.4, -0.2) is 15.7 Å². The van der Waals surface area contributed by atoms with E-state index < -0.39 is 11.7 Å². The highest BCUT2D eigenvalue weighted by molar-refractivity contribution is 6.36. The summed E-state index contributed by atoms with van der Waals surface area (Å²) in [7, 11) is 0. The smallest absolute Gasteiger partial charge is 0.253 e. The summed E-state index contributed by atoms with van der Waals surface area (Å²) in [5.41, 5.74) is 1.75. The van der Waals surface area contributed by atoms with Gasteiger partial charge in [0.2, 0.25) is 0 Å². The molecule has 24 heavy (non-hydrogen) atoms. The molecule has 3 aromatic rings. The minimum absolute atomic E-state index is 0.0361. The van der Waals surface area contributed by atoms with Crippen molar-refractivity contribution in [1.29, 1.82) is 0 Å². The van der Waals surface area contributed by atoms with Crippen LogP contribution in [0.4, 0.5) is 4.39 Å². The molecule has 0 radical (unpaired) electrons. The van der Waals surface area contributed by atoms with Crippen LogP contribution in [0, 0.1) is 5.82 Å². The predicted molar refractivity (Wildman–Crippen MR) is 91.2 cm³/mol. The van der Waals surface area contributed by atoms with Crippen molar-refractivity contribution >= 4 is 29.1 Å². The highest BCUT2D eigenvalue weighted by atomic mass is 35.5. The zero-order valence-corrected chi connectivity index (χ0v) is 13.9. The summed E-state index contributed by atoms with van der Waals surface area (Å²) >= 11 is 11.6. The van der Waals surface area contributed by atoms with Crippen LogP contribution < -0.4 is 5.32 Å². The van der Waals surface area contributed by atoms with Crippen molar-refractivity contribution < 1.29 is 9.18 Å². The molecule has 0 fully saturated rings. The molecule has 0 bridgehead atoms. The van der Waals surface area contributed by atoms with E-state index in [4.69, 9.17) is 23.2 Å². The highest BCUT2D eigenvalue weighted by Gasteiger charge is 2.14. The van der Waals surface area contributed by atoms with E-state index in [2.05, 4.69) is 10.4 Å². The number of benzene rings is 2. The molecule has 0 spiro atoms. The molecule has 3 rings (SSSR count). The molecule has 122 valence electrons. The number of halogens is 3. The van der Waals surface area contributed by atoms with Crippen LogP contribution in [0.5, 0.6) is 0 Å². The van der Waals surface area contributed by atoms with Crippen molar-refractivity contribution in [3.8, 4) is 5.69 Å². The van der Waals surface area contributed by atoms with Crippen LogP contribution >= 0.6 is 23.2 Å². The summed E-state index contributed by atoms with van der Waals surface area (Å²) in [5, 5.41) is 6.90. The van der Waals surface area contributed by atoms with E-state index in [0.717, 1.165) is 17.3 Å². The van der Waals surface area contributed by atoms with Crippen LogP contribution in [0.15, 0.2) is 54.9 Å². The number of carbonyl (C=O) groups is 1. The minimum atomic E-state index is -0.692. The number of hydrogen-bond acceptors (Lipinski definition) is 2. The van der Waals surface area contributed by atoms with Crippen LogP contribution in [0.1, 0.15) is 15.9 Å². The number of aromatic nitrogens is 2. The van der Waals surface area contributed by atoms with Crippen LogP contribution in [0.2, 0.25) is 10.0 Å². The van der Waals surface area contributed by atoms with Gasteiger partial charge < -0.3 is 5.32 Å². The van der Waals surface area contributed by atoms with Crippen molar-refractivity contribution in [2.45, 2.75) is 6.54 Å². The fourth-order valence-electron chi connectivity index (χ4n) is 2.15. The lowest BCUT2D eigenvalue weighted by molar-refractivity contribution is 0.0950. The SMILES string of the molecule is O=C(NCc1cnn(-c2ccccc2)c1)c1cc(F)c(Cl)cc1Cl. The summed E-state index contributed by atoms with van der Waals surface area (Å²) in [4.78, 5) is 12.1. The van der Waals surface area contributed by atoms with E-state index in [9.17, 15) is 9.18 Å². The first-order chi connectivity index (χ1) is 11.5. The molecule has 4 nitrogen and oxygen atoms in total. The Balaban J connectivity index is 1.69. The zero-order chi connectivity index (χ0) is 17.1. The Kier molecular flexibility index (Phi) is 4.83. The monoisotopic (exact) mass is 363 g/mol. The van der Waals surface area contributed by atoms with Gasteiger partial charge in [-0.1, -0.05) is 41.4 Å². The van der Waals surface area contributed by atoms with Crippen molar-refractivity contribution in [3.63, 3.8) is 0 Å². The topological polar surface area (TPSA) is 46.9 Å². The maximum Gasteiger partial charge on any atom is 0.253 e. The molecular formula is C17H12Cl2FN3O. The van der Waals surface area contributed by atoms with Gasteiger partial charge in [-0.25, -0.2) is 9.07 Å². The fraction of sp³-hybridized carbons (Fsp3) is 0.0588. The van der Waals surface area contributed by atoms with Gasteiger partial charge in [0, 0.05) is 18.3 Å². The third-order valence-corrected chi connectivity index (χ3v) is 3.97. The van der Waals surface area contributed by atoms with Crippen LogP contribution in [0.25, 0.3) is 5.69 Å². The standard InChI is InChI=1S/C17H12Cl2FN3O/c18-14-7-15(19)16(20)6-13(14)17(24)21-8-11-9-22-23(10-11)12-4-2-1-3-5-12/h1-7,9-10H,8H2,(H,21,24). The number of nitrogens with one attached hydrogen (secondary N) is 1. The number of amides is 1. The lowest BCUT2D eigenvalue weighted by Crippen LogP contribution is -2.23. The molecule has 0 atom stereocenters. The maximum atomic E-state index is 13.5. The van der Waals surface area contributed by atoms with Gasteiger partial charge in [-0.05, 0) is 24.3 Å². The molecule has 1 N–H and O–H groups in total. The summed E-state index contributed by atoms with van der Waals surface area (Å²) in [6.07, 6.45) is 3.46. The summed E-state index contributed by atoms with van der Waals surface area (Å²) in [6, 6.07) is 11.8. The second kappa shape index (κ2) is 7.03. The number of para-hydroxylation sites is 1.